The van der Waals surface area contributed by atoms with Gasteiger partial charge in [-0.15, -0.1) is 0 Å². The molecule has 0 unspecified atom stereocenters. The first-order valence-corrected chi connectivity index (χ1v) is 5.13. The predicted octanol–water partition coefficient (Wildman–Crippen LogP) is 2.93. The largest absolute Gasteiger partial charge is 0.489 e. The van der Waals surface area contributed by atoms with Gasteiger partial charge in [0.15, 0.2) is 0 Å². The third-order valence-corrected chi connectivity index (χ3v) is 2.56. The molecule has 0 amide bonds. The van der Waals surface area contributed by atoms with Crippen LogP contribution in [0.15, 0.2) is 18.3 Å². The monoisotopic (exact) mass is 195 g/mol. The van der Waals surface area contributed by atoms with Crippen molar-refractivity contribution in [3.05, 3.63) is 24.3 Å². The van der Waals surface area contributed by atoms with Gasteiger partial charge in [-0.3, -0.25) is 0 Å². The van der Waals surface area contributed by atoms with E-state index in [4.69, 9.17) is 4.74 Å². The quantitative estimate of drug-likeness (QED) is 0.677. The zero-order valence-corrected chi connectivity index (χ0v) is 8.08. The molecular weight excluding hydrogens is 181 g/mol. The van der Waals surface area contributed by atoms with Crippen LogP contribution in [0.5, 0.6) is 5.75 Å². The van der Waals surface area contributed by atoms with Gasteiger partial charge >= 0.3 is 0 Å². The summed E-state index contributed by atoms with van der Waals surface area (Å²) in [5, 5.41) is 0. The van der Waals surface area contributed by atoms with Crippen molar-refractivity contribution in [3.8, 4) is 5.75 Å². The number of halogens is 1. The molecule has 0 N–H and O–H groups in total. The maximum Gasteiger partial charge on any atom is 0.213 e. The lowest BCUT2D eigenvalue weighted by atomic mass is 9.98. The van der Waals surface area contributed by atoms with Gasteiger partial charge in [0.1, 0.15) is 5.75 Å². The van der Waals surface area contributed by atoms with Crippen LogP contribution in [-0.2, 0) is 0 Å². The van der Waals surface area contributed by atoms with E-state index in [9.17, 15) is 4.39 Å². The highest BCUT2D eigenvalue weighted by Crippen LogP contribution is 2.22. The van der Waals surface area contributed by atoms with Crippen molar-refractivity contribution in [2.45, 2.75) is 38.2 Å². The number of rotatable bonds is 2. The fourth-order valence-electron chi connectivity index (χ4n) is 1.81. The van der Waals surface area contributed by atoms with E-state index < -0.39 is 5.95 Å². The van der Waals surface area contributed by atoms with E-state index in [1.807, 2.05) is 0 Å². The summed E-state index contributed by atoms with van der Waals surface area (Å²) in [5.41, 5.74) is 0. The van der Waals surface area contributed by atoms with Gasteiger partial charge in [-0.1, -0.05) is 6.42 Å². The second-order valence-electron chi connectivity index (χ2n) is 3.69. The molecule has 0 radical (unpaired) electrons. The summed E-state index contributed by atoms with van der Waals surface area (Å²) in [4.78, 5) is 3.55. The highest BCUT2D eigenvalue weighted by atomic mass is 19.1. The first kappa shape index (κ1) is 9.44. The highest BCUT2D eigenvalue weighted by Gasteiger charge is 2.14. The molecule has 1 fully saturated rings. The van der Waals surface area contributed by atoms with Gasteiger partial charge in [-0.2, -0.15) is 4.39 Å². The first-order valence-electron chi connectivity index (χ1n) is 5.13. The van der Waals surface area contributed by atoms with Crippen LogP contribution in [0, 0.1) is 5.95 Å². The number of pyridine rings is 1. The first-order chi connectivity index (χ1) is 6.84. The van der Waals surface area contributed by atoms with E-state index in [1.54, 1.807) is 6.07 Å². The third-order valence-electron chi connectivity index (χ3n) is 2.56. The molecule has 3 heteroatoms. The minimum absolute atomic E-state index is 0.302. The molecule has 1 aliphatic rings. The summed E-state index contributed by atoms with van der Waals surface area (Å²) in [6.07, 6.45) is 7.75. The van der Waals surface area contributed by atoms with Crippen LogP contribution in [-0.4, -0.2) is 11.1 Å². The van der Waals surface area contributed by atoms with Crippen LogP contribution in [0.25, 0.3) is 0 Å². The lowest BCUT2D eigenvalue weighted by Gasteiger charge is -2.22. The summed E-state index contributed by atoms with van der Waals surface area (Å²) in [6.45, 7) is 0. The normalized spacial score (nSPS) is 18.1. The fourth-order valence-corrected chi connectivity index (χ4v) is 1.81. The van der Waals surface area contributed by atoms with E-state index in [0.29, 0.717) is 11.9 Å². The van der Waals surface area contributed by atoms with Crippen molar-refractivity contribution >= 4 is 0 Å². The van der Waals surface area contributed by atoms with Crippen LogP contribution in [0.1, 0.15) is 32.1 Å². The van der Waals surface area contributed by atoms with Crippen molar-refractivity contribution in [2.75, 3.05) is 0 Å². The summed E-state index contributed by atoms with van der Waals surface area (Å²) < 4.78 is 18.2. The molecule has 0 aromatic carbocycles. The van der Waals surface area contributed by atoms with Crippen LogP contribution in [0.2, 0.25) is 0 Å². The molecule has 1 aromatic heterocycles. The van der Waals surface area contributed by atoms with Gasteiger partial charge < -0.3 is 4.74 Å². The molecular formula is C11H14FNO. The van der Waals surface area contributed by atoms with Gasteiger partial charge in [0.2, 0.25) is 5.95 Å². The minimum atomic E-state index is -0.457. The minimum Gasteiger partial charge on any atom is -0.489 e. The SMILES string of the molecule is Fc1ccc(OC2CCCCC2)cn1. The van der Waals surface area contributed by atoms with Crippen molar-refractivity contribution < 1.29 is 9.13 Å². The maximum absolute atomic E-state index is 12.5. The number of nitrogens with zero attached hydrogens (tertiary/aromatic N) is 1. The molecule has 0 spiro atoms. The topological polar surface area (TPSA) is 22.1 Å². The van der Waals surface area contributed by atoms with Crippen LogP contribution in [0.3, 0.4) is 0 Å². The van der Waals surface area contributed by atoms with Crippen LogP contribution >= 0.6 is 0 Å². The molecule has 1 aromatic rings. The van der Waals surface area contributed by atoms with Crippen molar-refractivity contribution in [1.29, 1.82) is 0 Å². The van der Waals surface area contributed by atoms with E-state index in [2.05, 4.69) is 4.98 Å². The maximum atomic E-state index is 12.5. The van der Waals surface area contributed by atoms with E-state index in [1.165, 1.54) is 31.5 Å². The number of hydrogen-bond acceptors (Lipinski definition) is 2. The van der Waals surface area contributed by atoms with Crippen molar-refractivity contribution in [3.63, 3.8) is 0 Å². The Hall–Kier alpha value is -1.12. The van der Waals surface area contributed by atoms with Crippen molar-refractivity contribution in [2.24, 2.45) is 0 Å². The molecule has 1 aliphatic carbocycles. The molecule has 2 rings (SSSR count). The Morgan fingerprint density at radius 1 is 1.21 bits per heavy atom. The van der Waals surface area contributed by atoms with E-state index in [-0.39, 0.29) is 0 Å². The van der Waals surface area contributed by atoms with E-state index >= 15 is 0 Å². The standard InChI is InChI=1S/C11H14FNO/c12-11-7-6-10(8-13-11)14-9-4-2-1-3-5-9/h6-9H,1-5H2. The van der Waals surface area contributed by atoms with Crippen LogP contribution < -0.4 is 4.74 Å². The Bertz CT molecular complexity index is 280. The molecule has 0 saturated heterocycles. The summed E-state index contributed by atoms with van der Waals surface area (Å²) in [7, 11) is 0. The van der Waals surface area contributed by atoms with Gasteiger partial charge in [-0.05, 0) is 37.8 Å². The smallest absolute Gasteiger partial charge is 0.213 e. The van der Waals surface area contributed by atoms with Gasteiger partial charge in [0.25, 0.3) is 0 Å². The summed E-state index contributed by atoms with van der Waals surface area (Å²) in [6, 6.07) is 2.97. The fraction of sp³-hybridized carbons (Fsp3) is 0.545. The second-order valence-corrected chi connectivity index (χ2v) is 3.69. The molecule has 1 saturated carbocycles. The predicted molar refractivity (Wildman–Crippen MR) is 51.7 cm³/mol. The number of ether oxygens (including phenoxy) is 1. The van der Waals surface area contributed by atoms with Gasteiger partial charge in [0, 0.05) is 0 Å². The van der Waals surface area contributed by atoms with Gasteiger partial charge in [0.05, 0.1) is 12.3 Å². The molecule has 14 heavy (non-hydrogen) atoms. The third kappa shape index (κ3) is 2.44. The Balaban J connectivity index is 1.92. The zero-order chi connectivity index (χ0) is 9.80. The zero-order valence-electron chi connectivity index (χ0n) is 8.08. The summed E-state index contributed by atoms with van der Waals surface area (Å²) in [5.74, 6) is 0.222. The van der Waals surface area contributed by atoms with Crippen LogP contribution in [0.4, 0.5) is 4.39 Å². The Labute approximate surface area is 83.1 Å². The molecule has 76 valence electrons. The van der Waals surface area contributed by atoms with Gasteiger partial charge in [-0.25, -0.2) is 4.98 Å². The van der Waals surface area contributed by atoms with Crippen molar-refractivity contribution in [1.82, 2.24) is 4.98 Å². The molecule has 0 atom stereocenters. The molecule has 0 bridgehead atoms. The molecule has 0 aliphatic heterocycles. The Morgan fingerprint density at radius 3 is 2.64 bits per heavy atom. The number of aromatic nitrogens is 1. The Kier molecular flexibility index (Phi) is 2.96. The average Bonchev–Trinajstić information content (AvgIpc) is 2.23. The summed E-state index contributed by atoms with van der Waals surface area (Å²) >= 11 is 0. The Morgan fingerprint density at radius 2 is 2.00 bits per heavy atom. The second kappa shape index (κ2) is 4.40. The van der Waals surface area contributed by atoms with E-state index in [0.717, 1.165) is 12.8 Å². The average molecular weight is 195 g/mol. The molecule has 1 heterocycles. The lowest BCUT2D eigenvalue weighted by molar-refractivity contribution is 0.154. The highest BCUT2D eigenvalue weighted by molar-refractivity contribution is 5.16. The molecule has 2 nitrogen and oxygen atoms in total. The number of hydrogen-bond donors (Lipinski definition) is 0. The lowest BCUT2D eigenvalue weighted by Crippen LogP contribution is -2.19.